The van der Waals surface area contributed by atoms with E-state index in [1.807, 2.05) is 12.1 Å². The third kappa shape index (κ3) is 4.19. The summed E-state index contributed by atoms with van der Waals surface area (Å²) in [6, 6.07) is 8.89. The average Bonchev–Trinajstić information content (AvgIpc) is 3.35. The molecule has 0 unspecified atom stereocenters. The number of sulfone groups is 1. The van der Waals surface area contributed by atoms with Gasteiger partial charge in [0, 0.05) is 29.5 Å². The van der Waals surface area contributed by atoms with E-state index in [1.165, 1.54) is 12.3 Å². The zero-order valence-corrected chi connectivity index (χ0v) is 17.9. The summed E-state index contributed by atoms with van der Waals surface area (Å²) < 4.78 is 25.1. The molecule has 10 nitrogen and oxygen atoms in total. The molecule has 1 aromatic carbocycles. The van der Waals surface area contributed by atoms with E-state index in [0.717, 1.165) is 24.2 Å². The number of hydrogen-bond acceptors (Lipinski definition) is 7. The van der Waals surface area contributed by atoms with Crippen molar-refractivity contribution >= 4 is 39.3 Å². The van der Waals surface area contributed by atoms with Crippen molar-refractivity contribution < 1.29 is 18.0 Å². The number of aromatic nitrogens is 3. The van der Waals surface area contributed by atoms with Gasteiger partial charge in [-0.05, 0) is 30.5 Å². The van der Waals surface area contributed by atoms with Crippen molar-refractivity contribution in [3.63, 3.8) is 0 Å². The van der Waals surface area contributed by atoms with Crippen molar-refractivity contribution in [2.75, 3.05) is 11.6 Å². The van der Waals surface area contributed by atoms with Gasteiger partial charge in [-0.2, -0.15) is 9.61 Å². The summed E-state index contributed by atoms with van der Waals surface area (Å²) in [6.07, 6.45) is 6.43. The Morgan fingerprint density at radius 3 is 2.72 bits per heavy atom. The number of amides is 3. The van der Waals surface area contributed by atoms with Crippen LogP contribution in [0.4, 0.5) is 10.6 Å². The van der Waals surface area contributed by atoms with E-state index >= 15 is 0 Å². The van der Waals surface area contributed by atoms with Crippen LogP contribution in [-0.2, 0) is 20.4 Å². The highest BCUT2D eigenvalue weighted by Gasteiger charge is 2.25. The topological polar surface area (TPSA) is 135 Å². The monoisotopic (exact) mass is 452 g/mol. The molecular weight excluding hydrogens is 432 g/mol. The second kappa shape index (κ2) is 7.45. The van der Waals surface area contributed by atoms with Gasteiger partial charge in [0.2, 0.25) is 0 Å². The van der Waals surface area contributed by atoms with E-state index in [-0.39, 0.29) is 11.4 Å². The minimum absolute atomic E-state index is 0.0604. The summed E-state index contributed by atoms with van der Waals surface area (Å²) in [5.74, 6) is 0.163. The predicted molar refractivity (Wildman–Crippen MR) is 118 cm³/mol. The fourth-order valence-corrected chi connectivity index (χ4v) is 4.32. The molecule has 5 rings (SSSR count). The smallest absolute Gasteiger partial charge is 0.326 e. The summed E-state index contributed by atoms with van der Waals surface area (Å²) in [5, 5.41) is 12.5. The van der Waals surface area contributed by atoms with E-state index in [0.29, 0.717) is 28.5 Å². The quantitative estimate of drug-likeness (QED) is 0.383. The molecule has 11 heteroatoms. The van der Waals surface area contributed by atoms with Gasteiger partial charge in [0.1, 0.15) is 11.5 Å². The van der Waals surface area contributed by atoms with Crippen LogP contribution in [-0.4, -0.2) is 47.3 Å². The van der Waals surface area contributed by atoms with Crippen molar-refractivity contribution in [2.24, 2.45) is 0 Å². The second-order valence-electron chi connectivity index (χ2n) is 8.02. The second-order valence-corrected chi connectivity index (χ2v) is 10.2. The van der Waals surface area contributed by atoms with Gasteiger partial charge in [-0.1, -0.05) is 18.2 Å². The first kappa shape index (κ1) is 20.2. The Hall–Kier alpha value is -3.73. The number of hydrogen-bond donors (Lipinski definition) is 3. The zero-order chi connectivity index (χ0) is 22.5. The first-order valence-corrected chi connectivity index (χ1v) is 12.1. The molecule has 3 amide bonds. The third-order valence-electron chi connectivity index (χ3n) is 5.10. The highest BCUT2D eigenvalue weighted by molar-refractivity contribution is 7.89. The molecule has 1 aliphatic heterocycles. The molecule has 2 aromatic heterocycles. The number of nitrogens with one attached hydrogen (secondary N) is 3. The number of fused-ring (bicyclic) bond motifs is 1. The van der Waals surface area contributed by atoms with Gasteiger partial charge >= 0.3 is 6.03 Å². The largest absolute Gasteiger partial charge is 0.367 e. The lowest BCUT2D eigenvalue weighted by molar-refractivity contribution is -0.115. The Morgan fingerprint density at radius 2 is 2.03 bits per heavy atom. The van der Waals surface area contributed by atoms with E-state index in [4.69, 9.17) is 4.98 Å². The first-order valence-electron chi connectivity index (χ1n) is 10.0. The Balaban J connectivity index is 1.62. The van der Waals surface area contributed by atoms with Gasteiger partial charge < -0.3 is 10.6 Å². The van der Waals surface area contributed by atoms with Crippen molar-refractivity contribution in [1.82, 2.24) is 25.2 Å². The van der Waals surface area contributed by atoms with Crippen LogP contribution >= 0.6 is 0 Å². The lowest BCUT2D eigenvalue weighted by Gasteiger charge is -2.11. The molecule has 1 saturated heterocycles. The normalized spacial score (nSPS) is 17.6. The van der Waals surface area contributed by atoms with Gasteiger partial charge in [0.25, 0.3) is 5.91 Å². The number of carbonyl (C=O) groups excluding carboxylic acids is 2. The SMILES string of the molecule is CS(=O)(=O)Cc1cccc(-c2cc(NC3CC3)n3ncc(/C=C4\NC(=O)NC4=O)c3n2)c1. The maximum atomic E-state index is 11.9. The molecule has 2 aliphatic rings. The molecule has 3 aromatic rings. The number of benzene rings is 1. The maximum absolute atomic E-state index is 11.9. The molecule has 1 saturated carbocycles. The van der Waals surface area contributed by atoms with Crippen molar-refractivity contribution in [3.05, 3.63) is 53.4 Å². The van der Waals surface area contributed by atoms with E-state index in [9.17, 15) is 18.0 Å². The fraction of sp³-hybridized carbons (Fsp3) is 0.238. The molecule has 0 bridgehead atoms. The molecular formula is C21H20N6O4S. The highest BCUT2D eigenvalue weighted by Crippen LogP contribution is 2.29. The van der Waals surface area contributed by atoms with E-state index in [2.05, 4.69) is 21.0 Å². The first-order chi connectivity index (χ1) is 15.2. The molecule has 0 radical (unpaired) electrons. The number of urea groups is 1. The van der Waals surface area contributed by atoms with E-state index < -0.39 is 21.8 Å². The Morgan fingerprint density at radius 1 is 1.22 bits per heavy atom. The third-order valence-corrected chi connectivity index (χ3v) is 5.96. The fourth-order valence-electron chi connectivity index (χ4n) is 3.53. The van der Waals surface area contributed by atoms with Crippen molar-refractivity contribution in [3.8, 4) is 11.3 Å². The predicted octanol–water partition coefficient (Wildman–Crippen LogP) is 1.70. The lowest BCUT2D eigenvalue weighted by Crippen LogP contribution is -2.22. The van der Waals surface area contributed by atoms with Crippen LogP contribution in [0.2, 0.25) is 0 Å². The van der Waals surface area contributed by atoms with Crippen molar-refractivity contribution in [2.45, 2.75) is 24.6 Å². The van der Waals surface area contributed by atoms with Crippen LogP contribution in [0, 0.1) is 0 Å². The number of carbonyl (C=O) groups is 2. The lowest BCUT2D eigenvalue weighted by atomic mass is 10.1. The van der Waals surface area contributed by atoms with Crippen LogP contribution in [0.1, 0.15) is 24.0 Å². The van der Waals surface area contributed by atoms with Crippen LogP contribution in [0.15, 0.2) is 42.2 Å². The van der Waals surface area contributed by atoms with Gasteiger partial charge in [-0.15, -0.1) is 0 Å². The van der Waals surface area contributed by atoms with Gasteiger partial charge in [0.05, 0.1) is 17.6 Å². The summed E-state index contributed by atoms with van der Waals surface area (Å²) in [5.41, 5.74) is 3.25. The van der Waals surface area contributed by atoms with Crippen LogP contribution in [0.3, 0.4) is 0 Å². The number of anilines is 1. The minimum atomic E-state index is -3.17. The summed E-state index contributed by atoms with van der Waals surface area (Å²) >= 11 is 0. The van der Waals surface area contributed by atoms with Gasteiger partial charge in [-0.3, -0.25) is 10.1 Å². The molecule has 3 heterocycles. The van der Waals surface area contributed by atoms with Gasteiger partial charge in [0.15, 0.2) is 15.5 Å². The van der Waals surface area contributed by atoms with Gasteiger partial charge in [-0.25, -0.2) is 18.2 Å². The Kier molecular flexibility index (Phi) is 4.70. The van der Waals surface area contributed by atoms with Crippen molar-refractivity contribution in [1.29, 1.82) is 0 Å². The number of imide groups is 1. The number of nitrogens with zero attached hydrogens (tertiary/aromatic N) is 3. The molecule has 2 fully saturated rings. The minimum Gasteiger partial charge on any atom is -0.367 e. The molecule has 3 N–H and O–H groups in total. The maximum Gasteiger partial charge on any atom is 0.326 e. The molecule has 0 spiro atoms. The average molecular weight is 452 g/mol. The number of rotatable bonds is 6. The zero-order valence-electron chi connectivity index (χ0n) is 17.1. The van der Waals surface area contributed by atoms with Crippen LogP contribution in [0.25, 0.3) is 23.0 Å². The molecule has 32 heavy (non-hydrogen) atoms. The summed E-state index contributed by atoms with van der Waals surface area (Å²) in [6.45, 7) is 0. The standard InChI is InChI=1S/C21H20N6O4S/c1-32(30,31)11-12-3-2-4-13(7-12)16-9-18(23-15-5-6-15)27-19(24-16)14(10-22-27)8-17-20(28)26-21(29)25-17/h2-4,7-10,15,23H,5-6,11H2,1H3,(H2,25,26,28,29)/b17-8-. The highest BCUT2D eigenvalue weighted by atomic mass is 32.2. The summed E-state index contributed by atoms with van der Waals surface area (Å²) in [4.78, 5) is 28.1. The molecule has 1 aliphatic carbocycles. The Labute approximate surface area is 183 Å². The van der Waals surface area contributed by atoms with E-state index in [1.54, 1.807) is 28.9 Å². The Bertz CT molecular complexity index is 1400. The molecule has 164 valence electrons. The van der Waals surface area contributed by atoms with Crippen LogP contribution in [0.5, 0.6) is 0 Å². The summed E-state index contributed by atoms with van der Waals surface area (Å²) in [7, 11) is -3.17. The molecule has 0 atom stereocenters. The van der Waals surface area contributed by atoms with Crippen LogP contribution < -0.4 is 16.0 Å².